The van der Waals surface area contributed by atoms with E-state index in [1.807, 2.05) is 26.2 Å². The molecule has 1 aromatic carbocycles. The number of piperidine rings is 1. The molecule has 1 aromatic heterocycles. The minimum Gasteiger partial charge on any atom is -0.496 e. The lowest BCUT2D eigenvalue weighted by Gasteiger charge is -2.33. The molecule has 0 radical (unpaired) electrons. The predicted molar refractivity (Wildman–Crippen MR) is 144 cm³/mol. The van der Waals surface area contributed by atoms with Crippen LogP contribution in [0.15, 0.2) is 28.0 Å². The van der Waals surface area contributed by atoms with Crippen molar-refractivity contribution in [3.63, 3.8) is 0 Å². The van der Waals surface area contributed by atoms with Gasteiger partial charge >= 0.3 is 0 Å². The topological polar surface area (TPSA) is 94.6 Å². The molecule has 8 heteroatoms. The minimum atomic E-state index is -0.163. The van der Waals surface area contributed by atoms with Crippen molar-refractivity contribution in [3.05, 3.63) is 34.1 Å². The lowest BCUT2D eigenvalue weighted by atomic mass is 9.90. The standard InChI is InChI=1S/C27H40N6O2/c1-28-19-13-15-33(16-14-19)20-11-12-21(22(17-20)35-4)25-31-26(30-3)23(27(34)32-25)24(29-2)18-9-7-5-6-8-10-18/h11-12,17-19,28H,5-10,13-16H2,1-4H3,(H2,30,31,32,34)/b29-24-. The number of aliphatic imine (C=N–C) groups is 1. The van der Waals surface area contributed by atoms with Gasteiger partial charge in [-0.1, -0.05) is 25.7 Å². The smallest absolute Gasteiger partial charge is 0.262 e. The van der Waals surface area contributed by atoms with Gasteiger partial charge in [0.1, 0.15) is 23.0 Å². The van der Waals surface area contributed by atoms with E-state index in [0.29, 0.717) is 34.9 Å². The zero-order valence-corrected chi connectivity index (χ0v) is 21.6. The highest BCUT2D eigenvalue weighted by atomic mass is 16.5. The van der Waals surface area contributed by atoms with Crippen LogP contribution >= 0.6 is 0 Å². The summed E-state index contributed by atoms with van der Waals surface area (Å²) in [5.41, 5.74) is 3.16. The van der Waals surface area contributed by atoms with Gasteiger partial charge < -0.3 is 25.3 Å². The summed E-state index contributed by atoms with van der Waals surface area (Å²) in [5.74, 6) is 2.05. The van der Waals surface area contributed by atoms with E-state index in [2.05, 4.69) is 31.6 Å². The third kappa shape index (κ3) is 5.53. The number of rotatable bonds is 7. The lowest BCUT2D eigenvalue weighted by molar-refractivity contribution is 0.415. The Bertz CT molecular complexity index is 1080. The van der Waals surface area contributed by atoms with Gasteiger partial charge in [0.15, 0.2) is 0 Å². The van der Waals surface area contributed by atoms with Gasteiger partial charge in [-0.25, -0.2) is 4.98 Å². The van der Waals surface area contributed by atoms with Crippen LogP contribution in [0.2, 0.25) is 0 Å². The number of H-pyrrole nitrogens is 1. The van der Waals surface area contributed by atoms with E-state index in [9.17, 15) is 4.79 Å². The van der Waals surface area contributed by atoms with Crippen molar-refractivity contribution in [2.45, 2.75) is 57.4 Å². The zero-order chi connectivity index (χ0) is 24.8. The number of nitrogens with zero attached hydrogens (tertiary/aromatic N) is 3. The molecule has 190 valence electrons. The SMILES string of the molecule is C/N=C(\c1c(NC)nc(-c2ccc(N3CCC(NC)CC3)cc2OC)[nH]c1=O)C1CCCCCC1. The predicted octanol–water partition coefficient (Wildman–Crippen LogP) is 4.06. The molecule has 2 heterocycles. The van der Waals surface area contributed by atoms with Crippen molar-refractivity contribution in [3.8, 4) is 17.1 Å². The second-order valence-electron chi connectivity index (χ2n) is 9.62. The molecule has 1 saturated heterocycles. The first-order chi connectivity index (χ1) is 17.1. The second kappa shape index (κ2) is 11.7. The Morgan fingerprint density at radius 3 is 2.43 bits per heavy atom. The first-order valence-electron chi connectivity index (χ1n) is 13.0. The average molecular weight is 481 g/mol. The van der Waals surface area contributed by atoms with E-state index in [0.717, 1.165) is 55.7 Å². The summed E-state index contributed by atoms with van der Waals surface area (Å²) in [6, 6.07) is 6.71. The van der Waals surface area contributed by atoms with E-state index >= 15 is 0 Å². The number of anilines is 2. The van der Waals surface area contributed by atoms with Gasteiger partial charge in [0.05, 0.1) is 18.4 Å². The molecule has 2 aliphatic rings. The third-order valence-electron chi connectivity index (χ3n) is 7.60. The molecule has 2 aromatic rings. The number of nitrogens with one attached hydrogen (secondary N) is 3. The number of aromatic amines is 1. The van der Waals surface area contributed by atoms with Crippen molar-refractivity contribution >= 4 is 17.2 Å². The number of hydrogen-bond acceptors (Lipinski definition) is 7. The fourth-order valence-corrected chi connectivity index (χ4v) is 5.57. The molecule has 1 saturated carbocycles. The molecular formula is C27H40N6O2. The van der Waals surface area contributed by atoms with Crippen LogP contribution in [-0.2, 0) is 0 Å². The molecule has 8 nitrogen and oxygen atoms in total. The van der Waals surface area contributed by atoms with Crippen LogP contribution < -0.4 is 25.8 Å². The Morgan fingerprint density at radius 2 is 1.83 bits per heavy atom. The maximum atomic E-state index is 13.4. The maximum absolute atomic E-state index is 13.4. The highest BCUT2D eigenvalue weighted by Crippen LogP contribution is 2.34. The van der Waals surface area contributed by atoms with Crippen LogP contribution in [0.4, 0.5) is 11.5 Å². The third-order valence-corrected chi connectivity index (χ3v) is 7.60. The van der Waals surface area contributed by atoms with Gasteiger partial charge in [-0.15, -0.1) is 0 Å². The molecule has 0 unspecified atom stereocenters. The minimum absolute atomic E-state index is 0.163. The number of ether oxygens (including phenoxy) is 1. The molecular weight excluding hydrogens is 440 g/mol. The Hall–Kier alpha value is -2.87. The summed E-state index contributed by atoms with van der Waals surface area (Å²) >= 11 is 0. The van der Waals surface area contributed by atoms with E-state index in [1.54, 1.807) is 14.2 Å². The summed E-state index contributed by atoms with van der Waals surface area (Å²) in [7, 11) is 7.29. The van der Waals surface area contributed by atoms with Crippen molar-refractivity contribution in [2.75, 3.05) is 51.6 Å². The van der Waals surface area contributed by atoms with Crippen LogP contribution in [0, 0.1) is 5.92 Å². The lowest BCUT2D eigenvalue weighted by Crippen LogP contribution is -2.41. The van der Waals surface area contributed by atoms with Crippen LogP contribution in [-0.4, -0.2) is 63.1 Å². The van der Waals surface area contributed by atoms with Gasteiger partial charge in [0, 0.05) is 50.9 Å². The van der Waals surface area contributed by atoms with Gasteiger partial charge in [-0.05, 0) is 44.9 Å². The van der Waals surface area contributed by atoms with Crippen LogP contribution in [0.25, 0.3) is 11.4 Å². The van der Waals surface area contributed by atoms with Crippen LogP contribution in [0.5, 0.6) is 5.75 Å². The van der Waals surface area contributed by atoms with E-state index in [1.165, 1.54) is 25.7 Å². The molecule has 0 atom stereocenters. The molecule has 1 aliphatic heterocycles. The quantitative estimate of drug-likeness (QED) is 0.409. The van der Waals surface area contributed by atoms with Crippen LogP contribution in [0.1, 0.15) is 56.9 Å². The second-order valence-corrected chi connectivity index (χ2v) is 9.62. The summed E-state index contributed by atoms with van der Waals surface area (Å²) in [5, 5.41) is 6.54. The first-order valence-corrected chi connectivity index (χ1v) is 13.0. The Kier molecular flexibility index (Phi) is 8.44. The van der Waals surface area contributed by atoms with Crippen molar-refractivity contribution in [2.24, 2.45) is 10.9 Å². The van der Waals surface area contributed by atoms with Gasteiger partial charge in [-0.2, -0.15) is 0 Å². The number of benzene rings is 1. The van der Waals surface area contributed by atoms with Crippen molar-refractivity contribution in [1.82, 2.24) is 15.3 Å². The maximum Gasteiger partial charge on any atom is 0.262 e. The van der Waals surface area contributed by atoms with E-state index in [4.69, 9.17) is 9.72 Å². The first kappa shape index (κ1) is 25.2. The molecule has 2 fully saturated rings. The van der Waals surface area contributed by atoms with Gasteiger partial charge in [0.25, 0.3) is 5.56 Å². The Morgan fingerprint density at radius 1 is 1.11 bits per heavy atom. The molecule has 0 amide bonds. The fourth-order valence-electron chi connectivity index (χ4n) is 5.57. The normalized spacial score (nSPS) is 18.4. The average Bonchev–Trinajstić information content (AvgIpc) is 3.19. The van der Waals surface area contributed by atoms with E-state index in [-0.39, 0.29) is 5.56 Å². The largest absolute Gasteiger partial charge is 0.496 e. The highest BCUT2D eigenvalue weighted by Gasteiger charge is 2.26. The monoisotopic (exact) mass is 480 g/mol. The summed E-state index contributed by atoms with van der Waals surface area (Å²) in [4.78, 5) is 28.3. The summed E-state index contributed by atoms with van der Waals surface area (Å²) < 4.78 is 5.75. The summed E-state index contributed by atoms with van der Waals surface area (Å²) in [6.45, 7) is 2.00. The molecule has 4 rings (SSSR count). The summed E-state index contributed by atoms with van der Waals surface area (Å²) in [6.07, 6.45) is 9.23. The fraction of sp³-hybridized carbons (Fsp3) is 0.593. The molecule has 0 spiro atoms. The van der Waals surface area contributed by atoms with Crippen molar-refractivity contribution in [1.29, 1.82) is 0 Å². The van der Waals surface area contributed by atoms with E-state index < -0.39 is 0 Å². The van der Waals surface area contributed by atoms with Gasteiger partial charge in [0.2, 0.25) is 0 Å². The number of aromatic nitrogens is 2. The zero-order valence-electron chi connectivity index (χ0n) is 21.6. The van der Waals surface area contributed by atoms with Gasteiger partial charge in [-0.3, -0.25) is 9.79 Å². The highest BCUT2D eigenvalue weighted by molar-refractivity contribution is 6.05. The molecule has 0 bridgehead atoms. The van der Waals surface area contributed by atoms with Crippen molar-refractivity contribution < 1.29 is 4.74 Å². The Labute approximate surface area is 208 Å². The number of methoxy groups -OCH3 is 1. The Balaban J connectivity index is 1.66. The number of hydrogen-bond donors (Lipinski definition) is 3. The van der Waals surface area contributed by atoms with Crippen LogP contribution in [0.3, 0.4) is 0 Å². The molecule has 35 heavy (non-hydrogen) atoms. The molecule has 1 aliphatic carbocycles. The molecule has 3 N–H and O–H groups in total.